The van der Waals surface area contributed by atoms with Gasteiger partial charge in [-0.1, -0.05) is 0 Å². The molecule has 1 aliphatic rings. The number of nitrogens with two attached hydrogens (primary N) is 1. The second-order valence-electron chi connectivity index (χ2n) is 3.68. The number of phenols is 1. The van der Waals surface area contributed by atoms with Crippen LogP contribution in [0.3, 0.4) is 0 Å². The summed E-state index contributed by atoms with van der Waals surface area (Å²) in [5, 5.41) is 10.3. The van der Waals surface area contributed by atoms with Gasteiger partial charge in [-0.15, -0.1) is 11.3 Å². The maximum atomic E-state index is 9.68. The predicted molar refractivity (Wildman–Crippen MR) is 63.0 cm³/mol. The van der Waals surface area contributed by atoms with Gasteiger partial charge in [0, 0.05) is 16.9 Å². The Morgan fingerprint density at radius 1 is 1.50 bits per heavy atom. The molecule has 1 aliphatic carbocycles. The fourth-order valence-electron chi connectivity index (χ4n) is 2.01. The minimum atomic E-state index is 0.171. The van der Waals surface area contributed by atoms with Crippen LogP contribution >= 0.6 is 11.3 Å². The summed E-state index contributed by atoms with van der Waals surface area (Å²) >= 11 is 1.50. The van der Waals surface area contributed by atoms with Crippen molar-refractivity contribution in [1.29, 1.82) is 0 Å². The Bertz CT molecular complexity index is 578. The molecule has 0 unspecified atom stereocenters. The number of aromatic nitrogens is 1. The molecule has 2 aromatic rings. The summed E-state index contributed by atoms with van der Waals surface area (Å²) in [5.41, 5.74) is 8.69. The highest BCUT2D eigenvalue weighted by atomic mass is 32.1. The Hall–Kier alpha value is -1.75. The van der Waals surface area contributed by atoms with Crippen molar-refractivity contribution in [3.63, 3.8) is 0 Å². The highest BCUT2D eigenvalue weighted by Crippen LogP contribution is 2.44. The summed E-state index contributed by atoms with van der Waals surface area (Å²) in [5.74, 6) is 0.641. The molecule has 3 rings (SSSR count). The van der Waals surface area contributed by atoms with E-state index in [4.69, 9.17) is 10.5 Å². The number of aromatic hydroxyl groups is 1. The number of benzene rings is 1. The van der Waals surface area contributed by atoms with Crippen LogP contribution in [0.2, 0.25) is 0 Å². The predicted octanol–water partition coefficient (Wildman–Crippen LogP) is 2.01. The van der Waals surface area contributed by atoms with Crippen LogP contribution in [0.25, 0.3) is 11.3 Å². The number of hydrogen-bond acceptors (Lipinski definition) is 5. The first kappa shape index (κ1) is 9.47. The number of anilines is 1. The Kier molecular flexibility index (Phi) is 1.85. The number of hydrogen-bond donors (Lipinski definition) is 2. The molecule has 0 radical (unpaired) electrons. The topological polar surface area (TPSA) is 68.4 Å². The van der Waals surface area contributed by atoms with Gasteiger partial charge in [0.1, 0.15) is 0 Å². The van der Waals surface area contributed by atoms with Gasteiger partial charge in [0.2, 0.25) is 0 Å². The van der Waals surface area contributed by atoms with Crippen molar-refractivity contribution >= 4 is 16.5 Å². The van der Waals surface area contributed by atoms with Crippen LogP contribution in [0.15, 0.2) is 12.1 Å². The van der Waals surface area contributed by atoms with E-state index in [1.54, 1.807) is 6.07 Å². The van der Waals surface area contributed by atoms with Crippen molar-refractivity contribution < 1.29 is 9.84 Å². The summed E-state index contributed by atoms with van der Waals surface area (Å²) in [6, 6.07) is 3.55. The van der Waals surface area contributed by atoms with E-state index in [1.807, 2.05) is 6.07 Å². The molecule has 4 nitrogen and oxygen atoms in total. The van der Waals surface area contributed by atoms with E-state index in [9.17, 15) is 5.11 Å². The molecule has 5 heteroatoms. The molecule has 82 valence electrons. The van der Waals surface area contributed by atoms with Crippen molar-refractivity contribution in [3.05, 3.63) is 22.6 Å². The first-order valence-corrected chi connectivity index (χ1v) is 5.66. The molecule has 0 saturated carbocycles. The third-order valence-corrected chi connectivity index (χ3v) is 3.61. The quantitative estimate of drug-likeness (QED) is 0.675. The van der Waals surface area contributed by atoms with Crippen LogP contribution in [-0.2, 0) is 6.42 Å². The molecule has 1 aromatic heterocycles. The number of phenolic OH excluding ortho intramolecular Hbond substituents is 1. The molecular weight excluding hydrogens is 224 g/mol. The van der Waals surface area contributed by atoms with Gasteiger partial charge in [-0.2, -0.15) is 0 Å². The van der Waals surface area contributed by atoms with E-state index in [0.29, 0.717) is 10.9 Å². The molecule has 1 heterocycles. The van der Waals surface area contributed by atoms with Crippen LogP contribution < -0.4 is 10.5 Å². The zero-order valence-corrected chi connectivity index (χ0v) is 9.47. The Morgan fingerprint density at radius 3 is 3.06 bits per heavy atom. The second-order valence-corrected chi connectivity index (χ2v) is 4.80. The first-order chi connectivity index (χ1) is 7.69. The highest BCUT2D eigenvalue weighted by Gasteiger charge is 2.24. The summed E-state index contributed by atoms with van der Waals surface area (Å²) in [6.45, 7) is 0. The molecule has 0 amide bonds. The van der Waals surface area contributed by atoms with Gasteiger partial charge in [-0.25, -0.2) is 4.98 Å². The standard InChI is InChI=1S/C11H10N2O2S/c1-15-8-4-6-5(2-7(8)14)3-9-10(6)13-11(12)16-9/h2,4,14H,3H2,1H3,(H2,12,13). The SMILES string of the molecule is COc1cc2c(cc1O)Cc1sc(N)nc1-2. The third kappa shape index (κ3) is 1.18. The van der Waals surface area contributed by atoms with Gasteiger partial charge in [0.05, 0.1) is 12.8 Å². The van der Waals surface area contributed by atoms with Crippen LogP contribution in [-0.4, -0.2) is 17.2 Å². The maximum Gasteiger partial charge on any atom is 0.180 e. The van der Waals surface area contributed by atoms with Crippen LogP contribution in [0.5, 0.6) is 11.5 Å². The van der Waals surface area contributed by atoms with Gasteiger partial charge in [0.15, 0.2) is 16.6 Å². The molecule has 0 saturated heterocycles. The molecule has 0 aliphatic heterocycles. The van der Waals surface area contributed by atoms with Crippen LogP contribution in [0.1, 0.15) is 10.4 Å². The number of nitrogens with zero attached hydrogens (tertiary/aromatic N) is 1. The normalized spacial score (nSPS) is 12.3. The summed E-state index contributed by atoms with van der Waals surface area (Å²) in [7, 11) is 1.53. The average molecular weight is 234 g/mol. The zero-order valence-electron chi connectivity index (χ0n) is 8.65. The van der Waals surface area contributed by atoms with Crippen molar-refractivity contribution in [1.82, 2.24) is 4.98 Å². The number of rotatable bonds is 1. The summed E-state index contributed by atoms with van der Waals surface area (Å²) in [4.78, 5) is 5.45. The lowest BCUT2D eigenvalue weighted by molar-refractivity contribution is 0.373. The number of fused-ring (bicyclic) bond motifs is 3. The third-order valence-electron chi connectivity index (χ3n) is 2.72. The lowest BCUT2D eigenvalue weighted by Crippen LogP contribution is -1.88. The van der Waals surface area contributed by atoms with Gasteiger partial charge in [-0.3, -0.25) is 0 Å². The maximum absolute atomic E-state index is 9.68. The fraction of sp³-hybridized carbons (Fsp3) is 0.182. The van der Waals surface area contributed by atoms with E-state index in [2.05, 4.69) is 4.98 Å². The molecule has 16 heavy (non-hydrogen) atoms. The van der Waals surface area contributed by atoms with Crippen molar-refractivity contribution in [2.24, 2.45) is 0 Å². The number of nitrogen functional groups attached to an aromatic ring is 1. The molecule has 0 atom stereocenters. The summed E-state index contributed by atoms with van der Waals surface area (Å²) < 4.78 is 5.09. The van der Waals surface area contributed by atoms with E-state index in [1.165, 1.54) is 18.4 Å². The van der Waals surface area contributed by atoms with E-state index in [0.717, 1.165) is 28.1 Å². The van der Waals surface area contributed by atoms with Crippen LogP contribution in [0, 0.1) is 0 Å². The summed E-state index contributed by atoms with van der Waals surface area (Å²) in [6.07, 6.45) is 0.789. The largest absolute Gasteiger partial charge is 0.504 e. The molecule has 0 spiro atoms. The highest BCUT2D eigenvalue weighted by molar-refractivity contribution is 7.15. The lowest BCUT2D eigenvalue weighted by atomic mass is 10.1. The molecule has 3 N–H and O–H groups in total. The Morgan fingerprint density at radius 2 is 2.31 bits per heavy atom. The van der Waals surface area contributed by atoms with Gasteiger partial charge in [-0.05, 0) is 17.7 Å². The fourth-order valence-corrected chi connectivity index (χ4v) is 2.88. The molecule has 0 bridgehead atoms. The van der Waals surface area contributed by atoms with Crippen molar-refractivity contribution in [2.75, 3.05) is 12.8 Å². The smallest absolute Gasteiger partial charge is 0.180 e. The van der Waals surface area contributed by atoms with E-state index in [-0.39, 0.29) is 5.75 Å². The van der Waals surface area contributed by atoms with E-state index >= 15 is 0 Å². The zero-order chi connectivity index (χ0) is 11.3. The van der Waals surface area contributed by atoms with Gasteiger partial charge >= 0.3 is 0 Å². The Balaban J connectivity index is 2.22. The number of thiazole rings is 1. The molecule has 1 aromatic carbocycles. The van der Waals surface area contributed by atoms with Gasteiger partial charge in [0.25, 0.3) is 0 Å². The Labute approximate surface area is 96.3 Å². The van der Waals surface area contributed by atoms with Gasteiger partial charge < -0.3 is 15.6 Å². The minimum Gasteiger partial charge on any atom is -0.504 e. The van der Waals surface area contributed by atoms with Crippen molar-refractivity contribution in [3.8, 4) is 22.8 Å². The minimum absolute atomic E-state index is 0.171. The molecule has 0 fully saturated rings. The number of methoxy groups -OCH3 is 1. The van der Waals surface area contributed by atoms with Crippen LogP contribution in [0.4, 0.5) is 5.13 Å². The van der Waals surface area contributed by atoms with E-state index < -0.39 is 0 Å². The van der Waals surface area contributed by atoms with Crippen molar-refractivity contribution in [2.45, 2.75) is 6.42 Å². The monoisotopic (exact) mass is 234 g/mol. The molecular formula is C11H10N2O2S. The first-order valence-electron chi connectivity index (χ1n) is 4.84. The lowest BCUT2D eigenvalue weighted by Gasteiger charge is -2.06. The average Bonchev–Trinajstić information content (AvgIpc) is 2.72. The second kappa shape index (κ2) is 3.12. The number of ether oxygens (including phenoxy) is 1.